The molecule has 11 rings (SSSR count). The molecule has 0 N–H and O–H groups in total. The zero-order chi connectivity index (χ0) is 38.8. The zero-order valence-corrected chi connectivity index (χ0v) is 33.2. The van der Waals surface area contributed by atoms with Crippen molar-refractivity contribution in [1.29, 1.82) is 0 Å². The normalized spacial score (nSPS) is 14.2. The van der Waals surface area contributed by atoms with Crippen LogP contribution >= 0.6 is 11.3 Å². The summed E-state index contributed by atoms with van der Waals surface area (Å²) in [7, 11) is 0. The second-order valence-electron chi connectivity index (χ2n) is 15.9. The van der Waals surface area contributed by atoms with Gasteiger partial charge in [-0.05, 0) is 92.8 Å². The Bertz CT molecular complexity index is 3120. The van der Waals surface area contributed by atoms with Crippen molar-refractivity contribution in [2.24, 2.45) is 0 Å². The lowest BCUT2D eigenvalue weighted by Crippen LogP contribution is -2.16. The van der Waals surface area contributed by atoms with Gasteiger partial charge in [0, 0.05) is 42.3 Å². The van der Waals surface area contributed by atoms with Crippen LogP contribution in [0.1, 0.15) is 37.8 Å². The number of hydrogen-bond donors (Lipinski definition) is 0. The smallest absolute Gasteiger partial charge is 0.164 e. The predicted molar refractivity (Wildman–Crippen MR) is 244 cm³/mol. The highest BCUT2D eigenvalue weighted by Crippen LogP contribution is 2.51. The molecule has 0 atom stereocenters. The van der Waals surface area contributed by atoms with Crippen molar-refractivity contribution in [2.75, 3.05) is 0 Å². The number of aromatic nitrogens is 3. The van der Waals surface area contributed by atoms with Gasteiger partial charge in [-0.25, -0.2) is 15.0 Å². The van der Waals surface area contributed by atoms with Crippen LogP contribution in [-0.2, 0) is 5.41 Å². The average Bonchev–Trinajstić information content (AvgIpc) is 3.78. The molecule has 0 spiro atoms. The minimum atomic E-state index is -0.00601. The lowest BCUT2D eigenvalue weighted by atomic mass is 9.80. The molecule has 3 nitrogen and oxygen atoms in total. The van der Waals surface area contributed by atoms with Gasteiger partial charge in [-0.1, -0.05) is 166 Å². The fourth-order valence-corrected chi connectivity index (χ4v) is 10.2. The van der Waals surface area contributed by atoms with E-state index in [1.807, 2.05) is 29.5 Å². The number of allylic oxidation sites excluding steroid dienone is 4. The molecule has 0 unspecified atom stereocenters. The fraction of sp³-hybridized carbons (Fsp3) is 0.0926. The van der Waals surface area contributed by atoms with E-state index < -0.39 is 0 Å². The highest BCUT2D eigenvalue weighted by atomic mass is 32.1. The first kappa shape index (κ1) is 34.5. The van der Waals surface area contributed by atoms with Crippen LogP contribution in [0.25, 0.3) is 93.3 Å². The minimum absolute atomic E-state index is 0.00601. The molecular formula is C54H39N3S. The van der Waals surface area contributed by atoms with Crippen LogP contribution < -0.4 is 0 Å². The topological polar surface area (TPSA) is 38.7 Å². The highest BCUT2D eigenvalue weighted by Gasteiger charge is 2.37. The molecule has 7 aromatic carbocycles. The Kier molecular flexibility index (Phi) is 8.16. The van der Waals surface area contributed by atoms with Crippen molar-refractivity contribution in [3.05, 3.63) is 193 Å². The van der Waals surface area contributed by atoms with Crippen LogP contribution in [0.4, 0.5) is 0 Å². The number of thiophene rings is 1. The van der Waals surface area contributed by atoms with Crippen molar-refractivity contribution >= 4 is 37.1 Å². The molecular weight excluding hydrogens is 723 g/mol. The molecule has 276 valence electrons. The van der Waals surface area contributed by atoms with Crippen molar-refractivity contribution in [2.45, 2.75) is 32.1 Å². The summed E-state index contributed by atoms with van der Waals surface area (Å²) < 4.78 is 2.45. The fourth-order valence-electron chi connectivity index (χ4n) is 9.12. The van der Waals surface area contributed by atoms with E-state index in [1.165, 1.54) is 70.3 Å². The summed E-state index contributed by atoms with van der Waals surface area (Å²) in [6, 6.07) is 58.7. The molecule has 0 saturated carbocycles. The van der Waals surface area contributed by atoms with Gasteiger partial charge in [0.15, 0.2) is 17.5 Å². The van der Waals surface area contributed by atoms with E-state index in [0.717, 1.165) is 35.1 Å². The zero-order valence-electron chi connectivity index (χ0n) is 32.4. The molecule has 58 heavy (non-hydrogen) atoms. The molecule has 0 amide bonds. The molecule has 2 aliphatic carbocycles. The summed E-state index contributed by atoms with van der Waals surface area (Å²) in [5.74, 6) is 1.99. The van der Waals surface area contributed by atoms with Gasteiger partial charge in [0.25, 0.3) is 0 Å². The summed E-state index contributed by atoms with van der Waals surface area (Å²) >= 11 is 1.81. The molecule has 2 aliphatic rings. The summed E-state index contributed by atoms with van der Waals surface area (Å²) in [5, 5.41) is 2.37. The third-order valence-corrected chi connectivity index (χ3v) is 13.2. The summed E-state index contributed by atoms with van der Waals surface area (Å²) in [4.78, 5) is 15.8. The molecule has 0 fully saturated rings. The van der Waals surface area contributed by atoms with E-state index in [9.17, 15) is 0 Å². The third-order valence-electron chi connectivity index (χ3n) is 12.1. The van der Waals surface area contributed by atoms with Gasteiger partial charge in [0.2, 0.25) is 0 Å². The lowest BCUT2D eigenvalue weighted by Gasteiger charge is -2.24. The van der Waals surface area contributed by atoms with Gasteiger partial charge in [0.1, 0.15) is 0 Å². The van der Waals surface area contributed by atoms with E-state index >= 15 is 0 Å². The summed E-state index contributed by atoms with van der Waals surface area (Å²) in [6.07, 6.45) is 6.84. The third kappa shape index (κ3) is 5.75. The quantitative estimate of drug-likeness (QED) is 0.169. The Morgan fingerprint density at radius 3 is 1.84 bits per heavy atom. The second-order valence-corrected chi connectivity index (χ2v) is 17.0. The minimum Gasteiger partial charge on any atom is -0.208 e. The Balaban J connectivity index is 1.06. The van der Waals surface area contributed by atoms with Crippen LogP contribution in [0.5, 0.6) is 0 Å². The second kappa shape index (κ2) is 13.7. The maximum atomic E-state index is 5.37. The van der Waals surface area contributed by atoms with E-state index in [2.05, 4.69) is 172 Å². The first-order chi connectivity index (χ1) is 28.5. The maximum absolute atomic E-state index is 5.37. The largest absolute Gasteiger partial charge is 0.208 e. The van der Waals surface area contributed by atoms with Gasteiger partial charge in [-0.3, -0.25) is 0 Å². The number of rotatable bonds is 6. The van der Waals surface area contributed by atoms with Crippen LogP contribution in [-0.4, -0.2) is 15.0 Å². The van der Waals surface area contributed by atoms with Crippen LogP contribution in [0.3, 0.4) is 0 Å². The van der Waals surface area contributed by atoms with E-state index in [0.29, 0.717) is 17.5 Å². The van der Waals surface area contributed by atoms with Gasteiger partial charge in [0.05, 0.1) is 0 Å². The van der Waals surface area contributed by atoms with Gasteiger partial charge >= 0.3 is 0 Å². The number of fused-ring (bicyclic) bond motifs is 5. The highest BCUT2D eigenvalue weighted by molar-refractivity contribution is 7.26. The SMILES string of the molecule is CC1(C)C2=C(CCC=C2)c2cc(-c3ccccc3-c3nc(-c4ccccc4)nc(-c4cccc5sc6ccc(-c7ccc(-c8ccccc8)cc7)cc6c45)n3)ccc21. The summed E-state index contributed by atoms with van der Waals surface area (Å²) in [5.41, 5.74) is 15.7. The standard InChI is InChI=1S/C54H39N3S/c1-54(2)46-22-12-11-19-41(46)44-33-39(28-30-47(44)54)40-18-9-10-20-42(40)52-55-51(37-16-7-4-8-17-37)56-53(57-52)43-21-13-23-49-50(43)45-32-38(29-31-48(45)58-49)36-26-24-35(25-27-36)34-14-5-3-6-15-34/h3-10,12-18,20-33H,11,19H2,1-2H3. The molecule has 2 aromatic heterocycles. The van der Waals surface area contributed by atoms with Gasteiger partial charge < -0.3 is 0 Å². The van der Waals surface area contributed by atoms with Crippen LogP contribution in [0.2, 0.25) is 0 Å². The molecule has 0 aliphatic heterocycles. The van der Waals surface area contributed by atoms with Gasteiger partial charge in [-0.15, -0.1) is 11.3 Å². The van der Waals surface area contributed by atoms with Crippen molar-refractivity contribution < 1.29 is 0 Å². The maximum Gasteiger partial charge on any atom is 0.164 e. The van der Waals surface area contributed by atoms with Crippen LogP contribution in [0, 0.1) is 0 Å². The van der Waals surface area contributed by atoms with Crippen molar-refractivity contribution in [1.82, 2.24) is 15.0 Å². The monoisotopic (exact) mass is 761 g/mol. The number of benzene rings is 7. The average molecular weight is 762 g/mol. The molecule has 4 heteroatoms. The van der Waals surface area contributed by atoms with E-state index in [-0.39, 0.29) is 5.41 Å². The molecule has 0 saturated heterocycles. The predicted octanol–water partition coefficient (Wildman–Crippen LogP) is 14.6. The molecule has 0 bridgehead atoms. The molecule has 9 aromatic rings. The molecule has 0 radical (unpaired) electrons. The van der Waals surface area contributed by atoms with Crippen molar-refractivity contribution in [3.8, 4) is 67.5 Å². The Morgan fingerprint density at radius 2 is 1.07 bits per heavy atom. The number of nitrogens with zero attached hydrogens (tertiary/aromatic N) is 3. The summed E-state index contributed by atoms with van der Waals surface area (Å²) in [6.45, 7) is 4.71. The van der Waals surface area contributed by atoms with Crippen LogP contribution in [0.15, 0.2) is 182 Å². The first-order valence-corrected chi connectivity index (χ1v) is 20.9. The number of hydrogen-bond acceptors (Lipinski definition) is 4. The van der Waals surface area contributed by atoms with Gasteiger partial charge in [-0.2, -0.15) is 0 Å². The first-order valence-electron chi connectivity index (χ1n) is 20.1. The van der Waals surface area contributed by atoms with E-state index in [1.54, 1.807) is 0 Å². The Morgan fingerprint density at radius 1 is 0.466 bits per heavy atom. The van der Waals surface area contributed by atoms with E-state index in [4.69, 9.17) is 15.0 Å². The molecule has 2 heterocycles. The lowest BCUT2D eigenvalue weighted by molar-refractivity contribution is 0.651. The Labute approximate surface area is 342 Å². The van der Waals surface area contributed by atoms with Crippen molar-refractivity contribution in [3.63, 3.8) is 0 Å². The Hall–Kier alpha value is -6.75.